The second-order valence-electron chi connectivity index (χ2n) is 8.21. The van der Waals surface area contributed by atoms with Crippen molar-refractivity contribution in [1.82, 2.24) is 0 Å². The molecule has 2 heterocycles. The summed E-state index contributed by atoms with van der Waals surface area (Å²) in [5.74, 6) is 1.09. The molecule has 3 aromatic carbocycles. The van der Waals surface area contributed by atoms with Gasteiger partial charge in [-0.25, -0.2) is 0 Å². The number of hydrogen-bond acceptors (Lipinski definition) is 5. The molecule has 0 aromatic heterocycles. The van der Waals surface area contributed by atoms with Crippen LogP contribution in [-0.4, -0.2) is 21.4 Å². The Labute approximate surface area is 192 Å². The molecule has 0 saturated heterocycles. The molecule has 0 fully saturated rings. The quantitative estimate of drug-likeness (QED) is 0.286. The van der Waals surface area contributed by atoms with Crippen LogP contribution in [0, 0.1) is 5.92 Å². The highest BCUT2D eigenvalue weighted by atomic mass is 16.5. The molecule has 0 spiro atoms. The molecule has 0 saturated carbocycles. The van der Waals surface area contributed by atoms with E-state index in [2.05, 4.69) is 12.2 Å². The maximum absolute atomic E-state index is 10.5. The molecule has 5 nitrogen and oxygen atoms in total. The molecule has 6 rings (SSSR count). The van der Waals surface area contributed by atoms with Gasteiger partial charge in [0.25, 0.3) is 0 Å². The normalized spacial score (nSPS) is 19.2. The molecule has 33 heavy (non-hydrogen) atoms. The largest absolute Gasteiger partial charge is 0.504 e. The van der Waals surface area contributed by atoms with Gasteiger partial charge in [0.15, 0.2) is 23.0 Å². The molecular formula is C28H24O5. The Morgan fingerprint density at radius 1 is 0.758 bits per heavy atom. The van der Waals surface area contributed by atoms with Crippen LogP contribution in [0.25, 0.3) is 12.2 Å². The number of fused-ring (bicyclic) bond motifs is 1. The molecule has 0 atom stereocenters. The van der Waals surface area contributed by atoms with E-state index in [9.17, 15) is 15.3 Å². The number of ether oxygens (including phenoxy) is 2. The van der Waals surface area contributed by atoms with Gasteiger partial charge in [-0.3, -0.25) is 0 Å². The first-order valence-corrected chi connectivity index (χ1v) is 10.9. The highest BCUT2D eigenvalue weighted by Gasteiger charge is 2.17. The van der Waals surface area contributed by atoms with Crippen LogP contribution in [0.4, 0.5) is 0 Å². The molecule has 0 unspecified atom stereocenters. The van der Waals surface area contributed by atoms with Gasteiger partial charge in [0.1, 0.15) is 11.9 Å². The fraction of sp³-hybridized carbons (Fsp3) is 0.143. The molecule has 3 N–H and O–H groups in total. The van der Waals surface area contributed by atoms with Crippen LogP contribution in [0.3, 0.4) is 0 Å². The van der Waals surface area contributed by atoms with Crippen molar-refractivity contribution >= 4 is 12.2 Å². The van der Waals surface area contributed by atoms with Crippen molar-refractivity contribution in [2.75, 3.05) is 0 Å². The summed E-state index contributed by atoms with van der Waals surface area (Å²) in [6.07, 6.45) is 12.9. The van der Waals surface area contributed by atoms with E-state index in [1.807, 2.05) is 60.7 Å². The zero-order valence-corrected chi connectivity index (χ0v) is 17.9. The maximum Gasteiger partial charge on any atom is 0.200 e. The Morgan fingerprint density at radius 2 is 1.55 bits per heavy atom. The van der Waals surface area contributed by atoms with Gasteiger partial charge in [-0.15, -0.1) is 0 Å². The minimum Gasteiger partial charge on any atom is -0.504 e. The van der Waals surface area contributed by atoms with E-state index in [0.29, 0.717) is 17.1 Å². The zero-order chi connectivity index (χ0) is 22.8. The summed E-state index contributed by atoms with van der Waals surface area (Å²) in [6.45, 7) is 0. The monoisotopic (exact) mass is 440 g/mol. The van der Waals surface area contributed by atoms with Crippen molar-refractivity contribution in [3.8, 4) is 34.5 Å². The summed E-state index contributed by atoms with van der Waals surface area (Å²) in [5.41, 5.74) is 2.50. The molecular weight excluding hydrogens is 416 g/mol. The highest BCUT2D eigenvalue weighted by Crippen LogP contribution is 2.39. The second kappa shape index (κ2) is 8.79. The Morgan fingerprint density at radius 3 is 2.39 bits per heavy atom. The topological polar surface area (TPSA) is 79.2 Å². The third-order valence-electron chi connectivity index (χ3n) is 5.81. The molecule has 6 bridgehead atoms. The third-order valence-corrected chi connectivity index (χ3v) is 5.81. The van der Waals surface area contributed by atoms with Crippen molar-refractivity contribution in [2.24, 2.45) is 5.92 Å². The number of rotatable bonds is 0. The molecule has 3 aromatic rings. The second-order valence-corrected chi connectivity index (χ2v) is 8.21. The van der Waals surface area contributed by atoms with Crippen LogP contribution in [0.5, 0.6) is 34.5 Å². The van der Waals surface area contributed by atoms with Crippen LogP contribution in [0.1, 0.15) is 23.1 Å². The van der Waals surface area contributed by atoms with E-state index in [1.165, 1.54) is 6.07 Å². The third kappa shape index (κ3) is 4.58. The van der Waals surface area contributed by atoms with Crippen molar-refractivity contribution < 1.29 is 24.8 Å². The van der Waals surface area contributed by atoms with Crippen LogP contribution in [0.15, 0.2) is 78.9 Å². The highest BCUT2D eigenvalue weighted by molar-refractivity contribution is 5.73. The van der Waals surface area contributed by atoms with Crippen LogP contribution >= 0.6 is 0 Å². The first-order chi connectivity index (χ1) is 16.0. The van der Waals surface area contributed by atoms with E-state index in [4.69, 9.17) is 9.47 Å². The van der Waals surface area contributed by atoms with E-state index >= 15 is 0 Å². The van der Waals surface area contributed by atoms with Crippen LogP contribution in [-0.2, 0) is 6.42 Å². The molecule has 0 amide bonds. The Kier molecular flexibility index (Phi) is 5.53. The van der Waals surface area contributed by atoms with E-state index in [1.54, 1.807) is 12.1 Å². The van der Waals surface area contributed by atoms with Crippen molar-refractivity contribution in [3.05, 3.63) is 95.6 Å². The molecule has 0 radical (unpaired) electrons. The number of benzene rings is 3. The van der Waals surface area contributed by atoms with Gasteiger partial charge in [-0.2, -0.15) is 0 Å². The lowest BCUT2D eigenvalue weighted by Gasteiger charge is -2.20. The molecule has 2 aliphatic heterocycles. The summed E-state index contributed by atoms with van der Waals surface area (Å²) in [6, 6.07) is 16.1. The number of para-hydroxylation sites is 1. The fourth-order valence-electron chi connectivity index (χ4n) is 4.05. The van der Waals surface area contributed by atoms with Gasteiger partial charge >= 0.3 is 0 Å². The lowest BCUT2D eigenvalue weighted by molar-refractivity contribution is 0.272. The number of allylic oxidation sites excluding steroid dienone is 2. The average Bonchev–Trinajstić information content (AvgIpc) is 2.82. The van der Waals surface area contributed by atoms with Crippen molar-refractivity contribution in [1.29, 1.82) is 0 Å². The summed E-state index contributed by atoms with van der Waals surface area (Å²) >= 11 is 0. The van der Waals surface area contributed by atoms with Crippen LogP contribution in [0.2, 0.25) is 0 Å². The van der Waals surface area contributed by atoms with Gasteiger partial charge in [-0.05, 0) is 77.9 Å². The molecule has 3 aliphatic rings. The summed E-state index contributed by atoms with van der Waals surface area (Å²) in [5, 5.41) is 30.9. The first kappa shape index (κ1) is 20.8. The van der Waals surface area contributed by atoms with Gasteiger partial charge in [0.05, 0.1) is 0 Å². The number of phenols is 3. The van der Waals surface area contributed by atoms with Gasteiger partial charge in [0.2, 0.25) is 5.75 Å². The lowest BCUT2D eigenvalue weighted by Crippen LogP contribution is -2.15. The number of phenolic OH excluding ortho intramolecular Hbond substituents is 3. The molecule has 166 valence electrons. The predicted molar refractivity (Wildman–Crippen MR) is 128 cm³/mol. The smallest absolute Gasteiger partial charge is 0.200 e. The lowest BCUT2D eigenvalue weighted by atomic mass is 9.94. The Balaban J connectivity index is 1.57. The predicted octanol–water partition coefficient (Wildman–Crippen LogP) is 6.20. The van der Waals surface area contributed by atoms with E-state index in [-0.39, 0.29) is 35.0 Å². The minimum atomic E-state index is -0.346. The van der Waals surface area contributed by atoms with Crippen molar-refractivity contribution in [3.63, 3.8) is 0 Å². The van der Waals surface area contributed by atoms with Gasteiger partial charge in [0, 0.05) is 0 Å². The number of aryl methyl sites for hydroxylation is 1. The molecule has 5 heteroatoms. The number of hydrogen-bond donors (Lipinski definition) is 3. The van der Waals surface area contributed by atoms with Gasteiger partial charge < -0.3 is 24.8 Å². The summed E-state index contributed by atoms with van der Waals surface area (Å²) in [7, 11) is 0. The standard InChI is InChI=1S/C28H24O5/c29-24-6-2-4-21-12-9-18-10-13-22(14-11-18)32-26-17-20(16-25(30)27(26)31)8-7-19-3-1-5-23(15-19)33-28(21)24/h1-8,10-11,13-18,22,29-31H,9,12H2. The Bertz CT molecular complexity index is 1260. The Hall–Kier alpha value is -4.12. The first-order valence-electron chi connectivity index (χ1n) is 10.9. The average molecular weight is 440 g/mol. The summed E-state index contributed by atoms with van der Waals surface area (Å²) < 4.78 is 12.1. The maximum atomic E-state index is 10.5. The SMILES string of the molecule is Oc1cc2cc(c1O)OC1C=CC(C=C1)CCc1cccc(O)c1Oc1cccc(c1)C=C2. The number of aromatic hydroxyl groups is 3. The van der Waals surface area contributed by atoms with Crippen molar-refractivity contribution in [2.45, 2.75) is 18.9 Å². The van der Waals surface area contributed by atoms with Crippen LogP contribution < -0.4 is 9.47 Å². The summed E-state index contributed by atoms with van der Waals surface area (Å²) in [4.78, 5) is 0. The van der Waals surface area contributed by atoms with Gasteiger partial charge in [-0.1, -0.05) is 48.6 Å². The minimum absolute atomic E-state index is 0.109. The van der Waals surface area contributed by atoms with E-state index in [0.717, 1.165) is 24.0 Å². The molecule has 1 aliphatic carbocycles. The van der Waals surface area contributed by atoms with E-state index < -0.39 is 0 Å². The fourth-order valence-corrected chi connectivity index (χ4v) is 4.05. The zero-order valence-electron chi connectivity index (χ0n) is 17.9.